The van der Waals surface area contributed by atoms with Crippen LogP contribution in [-0.2, 0) is 0 Å². The molecule has 0 saturated carbocycles. The molecule has 0 bridgehead atoms. The number of halogens is 4. The Morgan fingerprint density at radius 1 is 1.55 bits per heavy atom. The monoisotopic (exact) mass is 352 g/mol. The number of rotatable bonds is 4. The van der Waals surface area contributed by atoms with Crippen LogP contribution in [0.1, 0.15) is 5.56 Å². The molecule has 0 aromatic heterocycles. The van der Waals surface area contributed by atoms with E-state index in [0.29, 0.717) is 10.0 Å². The summed E-state index contributed by atoms with van der Waals surface area (Å²) in [6, 6.07) is 3.65. The van der Waals surface area contributed by atoms with Crippen molar-refractivity contribution in [3.63, 3.8) is 0 Å². The number of nitrogens with zero attached hydrogens (tertiary/aromatic N) is 2. The van der Waals surface area contributed by atoms with Crippen LogP contribution >= 0.6 is 15.9 Å². The number of benzene rings is 1. The van der Waals surface area contributed by atoms with E-state index in [1.807, 2.05) is 0 Å². The summed E-state index contributed by atoms with van der Waals surface area (Å²) in [6.07, 6.45) is -4.74. The van der Waals surface area contributed by atoms with E-state index in [1.54, 1.807) is 0 Å². The molecule has 0 spiro atoms. The minimum absolute atomic E-state index is 0.275. The Morgan fingerprint density at radius 2 is 2.15 bits per heavy atom. The van der Waals surface area contributed by atoms with Crippen molar-refractivity contribution in [3.8, 4) is 11.8 Å². The molecule has 1 aromatic carbocycles. The van der Waals surface area contributed by atoms with Gasteiger partial charge in [0.1, 0.15) is 6.61 Å². The van der Waals surface area contributed by atoms with Gasteiger partial charge >= 0.3 is 11.9 Å². The molecule has 0 heterocycles. The predicted octanol–water partition coefficient (Wildman–Crippen LogP) is 3.75. The summed E-state index contributed by atoms with van der Waals surface area (Å²) in [6.45, 7) is 0.464. The van der Waals surface area contributed by atoms with E-state index >= 15 is 0 Å². The van der Waals surface area contributed by atoms with Gasteiger partial charge in [-0.25, -0.2) is 0 Å². The average molecular weight is 353 g/mol. The third kappa shape index (κ3) is 3.84. The summed E-state index contributed by atoms with van der Waals surface area (Å²) >= 11 is 3.05. The molecule has 0 amide bonds. The molecule has 5 nitrogen and oxygen atoms in total. The highest BCUT2D eigenvalue weighted by Gasteiger charge is 2.41. The minimum Gasteiger partial charge on any atom is -0.485 e. The molecule has 0 N–H and O–H groups in total. The number of hydrogen-bond donors (Lipinski definition) is 0. The van der Waals surface area contributed by atoms with Crippen LogP contribution in [0.3, 0.4) is 0 Å². The number of nitro groups is 1. The number of hydrogen-bond acceptors (Lipinski definition) is 4. The van der Waals surface area contributed by atoms with Gasteiger partial charge in [0, 0.05) is 10.5 Å². The van der Waals surface area contributed by atoms with Gasteiger partial charge in [-0.05, 0) is 18.6 Å². The molecule has 0 fully saturated rings. The Morgan fingerprint density at radius 3 is 2.60 bits per heavy atom. The number of ether oxygens (including phenoxy) is 1. The van der Waals surface area contributed by atoms with E-state index in [9.17, 15) is 23.3 Å². The maximum atomic E-state index is 12.4. The Balaban J connectivity index is 3.04. The Hall–Kier alpha value is -1.82. The zero-order valence-corrected chi connectivity index (χ0v) is 11.7. The van der Waals surface area contributed by atoms with Crippen LogP contribution in [-0.4, -0.2) is 17.7 Å². The highest BCUT2D eigenvalue weighted by molar-refractivity contribution is 9.10. The zero-order valence-electron chi connectivity index (χ0n) is 10.1. The van der Waals surface area contributed by atoms with Crippen molar-refractivity contribution in [2.75, 3.05) is 6.61 Å². The second kappa shape index (κ2) is 6.09. The van der Waals surface area contributed by atoms with Crippen LogP contribution in [0.15, 0.2) is 16.6 Å². The fraction of sp³-hybridized carbons (Fsp3) is 0.364. The van der Waals surface area contributed by atoms with Crippen molar-refractivity contribution in [1.82, 2.24) is 0 Å². The SMILES string of the molecule is Cc1cc(Br)cc([N+](=O)[O-])c1OCC(C#N)C(F)(F)F. The molecule has 1 rings (SSSR count). The topological polar surface area (TPSA) is 76.2 Å². The van der Waals surface area contributed by atoms with E-state index in [4.69, 9.17) is 10.00 Å². The molecule has 0 aliphatic heterocycles. The van der Waals surface area contributed by atoms with E-state index in [1.165, 1.54) is 13.0 Å². The Labute approximate surface area is 120 Å². The lowest BCUT2D eigenvalue weighted by atomic mass is 10.1. The lowest BCUT2D eigenvalue weighted by Crippen LogP contribution is -2.27. The summed E-state index contributed by atoms with van der Waals surface area (Å²) in [5.41, 5.74) is -0.166. The predicted molar refractivity (Wildman–Crippen MR) is 66.2 cm³/mol. The van der Waals surface area contributed by atoms with Crippen molar-refractivity contribution >= 4 is 21.6 Å². The molecule has 0 saturated heterocycles. The average Bonchev–Trinajstić information content (AvgIpc) is 2.29. The maximum Gasteiger partial charge on any atom is 0.407 e. The van der Waals surface area contributed by atoms with Gasteiger partial charge in [-0.15, -0.1) is 0 Å². The fourth-order valence-corrected chi connectivity index (χ4v) is 1.97. The van der Waals surface area contributed by atoms with Crippen molar-refractivity contribution < 1.29 is 22.8 Å². The zero-order chi connectivity index (χ0) is 15.5. The molecular weight excluding hydrogens is 345 g/mol. The van der Waals surface area contributed by atoms with Crippen LogP contribution in [0.4, 0.5) is 18.9 Å². The first kappa shape index (κ1) is 16.2. The number of aryl methyl sites for hydroxylation is 1. The number of nitro benzene ring substituents is 1. The van der Waals surface area contributed by atoms with E-state index in [0.717, 1.165) is 12.1 Å². The molecule has 0 aliphatic carbocycles. The fourth-order valence-electron chi connectivity index (χ4n) is 1.41. The van der Waals surface area contributed by atoms with Crippen molar-refractivity contribution in [2.45, 2.75) is 13.1 Å². The molecule has 1 aromatic rings. The van der Waals surface area contributed by atoms with Crippen LogP contribution in [0, 0.1) is 34.3 Å². The largest absolute Gasteiger partial charge is 0.485 e. The molecule has 9 heteroatoms. The van der Waals surface area contributed by atoms with Gasteiger partial charge in [-0.2, -0.15) is 18.4 Å². The molecule has 108 valence electrons. The summed E-state index contributed by atoms with van der Waals surface area (Å²) < 4.78 is 42.5. The van der Waals surface area contributed by atoms with E-state index < -0.39 is 29.3 Å². The van der Waals surface area contributed by atoms with Crippen LogP contribution in [0.25, 0.3) is 0 Å². The van der Waals surface area contributed by atoms with Crippen molar-refractivity contribution in [3.05, 3.63) is 32.3 Å². The van der Waals surface area contributed by atoms with Gasteiger partial charge in [-0.1, -0.05) is 15.9 Å². The first-order chi connectivity index (χ1) is 9.16. The Bertz CT molecular complexity index is 569. The minimum atomic E-state index is -4.74. The van der Waals surface area contributed by atoms with Gasteiger partial charge in [0.15, 0.2) is 11.7 Å². The number of nitriles is 1. The first-order valence-electron chi connectivity index (χ1n) is 5.20. The highest BCUT2D eigenvalue weighted by Crippen LogP contribution is 2.35. The summed E-state index contributed by atoms with van der Waals surface area (Å²) in [5, 5.41) is 19.3. The molecule has 20 heavy (non-hydrogen) atoms. The molecule has 1 unspecified atom stereocenters. The lowest BCUT2D eigenvalue weighted by molar-refractivity contribution is -0.386. The van der Waals surface area contributed by atoms with Crippen LogP contribution in [0.2, 0.25) is 0 Å². The smallest absolute Gasteiger partial charge is 0.407 e. The van der Waals surface area contributed by atoms with Crippen LogP contribution < -0.4 is 4.74 Å². The normalized spacial score (nSPS) is 12.6. The second-order valence-electron chi connectivity index (χ2n) is 3.86. The van der Waals surface area contributed by atoms with Gasteiger partial charge < -0.3 is 4.74 Å². The summed E-state index contributed by atoms with van der Waals surface area (Å²) in [5.74, 6) is -2.62. The third-order valence-electron chi connectivity index (χ3n) is 2.36. The quantitative estimate of drug-likeness (QED) is 0.610. The van der Waals surface area contributed by atoms with Gasteiger partial charge in [0.05, 0.1) is 11.0 Å². The van der Waals surface area contributed by atoms with Gasteiger partial charge in [0.2, 0.25) is 0 Å². The summed E-state index contributed by atoms with van der Waals surface area (Å²) in [4.78, 5) is 10.1. The van der Waals surface area contributed by atoms with Crippen LogP contribution in [0.5, 0.6) is 5.75 Å². The van der Waals surface area contributed by atoms with Crippen molar-refractivity contribution in [1.29, 1.82) is 5.26 Å². The van der Waals surface area contributed by atoms with Crippen molar-refractivity contribution in [2.24, 2.45) is 5.92 Å². The Kier molecular flexibility index (Phi) is 4.94. The number of alkyl halides is 3. The lowest BCUT2D eigenvalue weighted by Gasteiger charge is -2.15. The summed E-state index contributed by atoms with van der Waals surface area (Å²) in [7, 11) is 0. The molecule has 0 radical (unpaired) electrons. The molecular formula is C11H8BrF3N2O3. The highest BCUT2D eigenvalue weighted by atomic mass is 79.9. The second-order valence-corrected chi connectivity index (χ2v) is 4.78. The van der Waals surface area contributed by atoms with Gasteiger partial charge in [-0.3, -0.25) is 10.1 Å². The molecule has 1 atom stereocenters. The molecule has 0 aliphatic rings. The maximum absolute atomic E-state index is 12.4. The van der Waals surface area contributed by atoms with E-state index in [2.05, 4.69) is 15.9 Å². The van der Waals surface area contributed by atoms with Gasteiger partial charge in [0.25, 0.3) is 0 Å². The first-order valence-corrected chi connectivity index (χ1v) is 5.99. The third-order valence-corrected chi connectivity index (χ3v) is 2.82. The standard InChI is InChI=1S/C11H8BrF3N2O3/c1-6-2-8(12)3-9(17(18)19)10(6)20-5-7(4-16)11(13,14)15/h2-3,7H,5H2,1H3. The van der Waals surface area contributed by atoms with E-state index in [-0.39, 0.29) is 5.75 Å².